The van der Waals surface area contributed by atoms with Gasteiger partial charge in [0.1, 0.15) is 10.2 Å². The van der Waals surface area contributed by atoms with Crippen molar-refractivity contribution in [3.05, 3.63) is 21.9 Å². The van der Waals surface area contributed by atoms with E-state index in [1.807, 2.05) is 0 Å². The molecular weight excluding hydrogens is 295 g/mol. The summed E-state index contributed by atoms with van der Waals surface area (Å²) in [5.74, 6) is -2.36. The van der Waals surface area contributed by atoms with Crippen molar-refractivity contribution in [2.24, 2.45) is 0 Å². The average molecular weight is 300 g/mol. The quantitative estimate of drug-likeness (QED) is 0.853. The van der Waals surface area contributed by atoms with Gasteiger partial charge in [-0.3, -0.25) is 0 Å². The van der Waals surface area contributed by atoms with Gasteiger partial charge in [0.25, 0.3) is 0 Å². The predicted octanol–water partition coefficient (Wildman–Crippen LogP) is 2.75. The largest absolute Gasteiger partial charge is 0.573 e. The SMILES string of the molecule is Cc1cnc(Br)c(OC(F)(F)F)c1C(=O)O. The van der Waals surface area contributed by atoms with E-state index >= 15 is 0 Å². The first kappa shape index (κ1) is 12.8. The lowest BCUT2D eigenvalue weighted by molar-refractivity contribution is -0.275. The smallest absolute Gasteiger partial charge is 0.478 e. The van der Waals surface area contributed by atoms with Crippen LogP contribution in [0.4, 0.5) is 13.2 Å². The molecule has 8 heteroatoms. The summed E-state index contributed by atoms with van der Waals surface area (Å²) in [6.45, 7) is 1.33. The molecule has 1 aromatic heterocycles. The van der Waals surface area contributed by atoms with Crippen LogP contribution in [-0.2, 0) is 0 Å². The second-order valence-electron chi connectivity index (χ2n) is 2.79. The van der Waals surface area contributed by atoms with Crippen LogP contribution in [0.15, 0.2) is 10.8 Å². The Balaban J connectivity index is 3.35. The first-order valence-electron chi connectivity index (χ1n) is 3.86. The molecule has 0 unspecified atom stereocenters. The Morgan fingerprint density at radius 1 is 1.56 bits per heavy atom. The normalized spacial score (nSPS) is 11.3. The molecule has 0 spiro atoms. The summed E-state index contributed by atoms with van der Waals surface area (Å²) in [4.78, 5) is 14.3. The molecule has 0 saturated heterocycles. The number of hydrogen-bond donors (Lipinski definition) is 1. The van der Waals surface area contributed by atoms with Crippen molar-refractivity contribution >= 4 is 21.9 Å². The van der Waals surface area contributed by atoms with E-state index in [0.29, 0.717) is 0 Å². The molecule has 4 nitrogen and oxygen atoms in total. The van der Waals surface area contributed by atoms with Crippen LogP contribution in [0.25, 0.3) is 0 Å². The van der Waals surface area contributed by atoms with Crippen molar-refractivity contribution in [3.63, 3.8) is 0 Å². The molecule has 0 aliphatic rings. The Morgan fingerprint density at radius 3 is 2.56 bits per heavy atom. The van der Waals surface area contributed by atoms with Crippen LogP contribution in [0.1, 0.15) is 15.9 Å². The maximum atomic E-state index is 12.0. The summed E-state index contributed by atoms with van der Waals surface area (Å²) in [7, 11) is 0. The molecule has 1 heterocycles. The zero-order valence-electron chi connectivity index (χ0n) is 7.80. The Bertz CT molecular complexity index is 433. The summed E-state index contributed by atoms with van der Waals surface area (Å²) >= 11 is 2.70. The van der Waals surface area contributed by atoms with E-state index < -0.39 is 23.6 Å². The Labute approximate surface area is 96.2 Å². The minimum absolute atomic E-state index is 0.0787. The van der Waals surface area contributed by atoms with Gasteiger partial charge in [-0.25, -0.2) is 9.78 Å². The number of nitrogens with zero attached hydrogens (tertiary/aromatic N) is 1. The molecule has 1 aromatic rings. The highest BCUT2D eigenvalue weighted by atomic mass is 79.9. The van der Waals surface area contributed by atoms with Gasteiger partial charge in [0.15, 0.2) is 5.75 Å². The molecule has 0 aromatic carbocycles. The third-order valence-electron chi connectivity index (χ3n) is 1.61. The highest BCUT2D eigenvalue weighted by Crippen LogP contribution is 2.33. The van der Waals surface area contributed by atoms with Gasteiger partial charge >= 0.3 is 12.3 Å². The molecule has 88 valence electrons. The molecule has 0 amide bonds. The third-order valence-corrected chi connectivity index (χ3v) is 2.18. The number of alkyl halides is 3. The first-order valence-corrected chi connectivity index (χ1v) is 4.66. The minimum atomic E-state index is -4.97. The van der Waals surface area contributed by atoms with Crippen LogP contribution in [0, 0.1) is 6.92 Å². The van der Waals surface area contributed by atoms with Crippen molar-refractivity contribution in [1.29, 1.82) is 0 Å². The maximum Gasteiger partial charge on any atom is 0.573 e. The van der Waals surface area contributed by atoms with Crippen LogP contribution in [0.3, 0.4) is 0 Å². The third kappa shape index (κ3) is 2.84. The topological polar surface area (TPSA) is 59.4 Å². The second-order valence-corrected chi connectivity index (χ2v) is 3.54. The van der Waals surface area contributed by atoms with Crippen molar-refractivity contribution < 1.29 is 27.8 Å². The van der Waals surface area contributed by atoms with Crippen LogP contribution < -0.4 is 4.74 Å². The fourth-order valence-electron chi connectivity index (χ4n) is 1.03. The highest BCUT2D eigenvalue weighted by Gasteiger charge is 2.35. The summed E-state index contributed by atoms with van der Waals surface area (Å²) in [5.41, 5.74) is -0.492. The highest BCUT2D eigenvalue weighted by molar-refractivity contribution is 9.10. The molecule has 0 fully saturated rings. The number of carboxylic acids is 1. The van der Waals surface area contributed by atoms with Crippen LogP contribution in [0.5, 0.6) is 5.75 Å². The van der Waals surface area contributed by atoms with Gasteiger partial charge in [0.05, 0.1) is 0 Å². The van der Waals surface area contributed by atoms with Gasteiger partial charge < -0.3 is 9.84 Å². The van der Waals surface area contributed by atoms with Crippen molar-refractivity contribution in [2.75, 3.05) is 0 Å². The lowest BCUT2D eigenvalue weighted by Crippen LogP contribution is -2.20. The zero-order chi connectivity index (χ0) is 12.5. The maximum absolute atomic E-state index is 12.0. The summed E-state index contributed by atoms with van der Waals surface area (Å²) < 4.78 is 39.4. The van der Waals surface area contributed by atoms with Crippen molar-refractivity contribution in [1.82, 2.24) is 4.98 Å². The molecule has 0 aliphatic carbocycles. The van der Waals surface area contributed by atoms with Gasteiger partial charge in [-0.2, -0.15) is 0 Å². The van der Waals surface area contributed by atoms with E-state index in [9.17, 15) is 18.0 Å². The Kier molecular flexibility index (Phi) is 3.41. The molecule has 1 N–H and O–H groups in total. The van der Waals surface area contributed by atoms with Gasteiger partial charge in [0.2, 0.25) is 0 Å². The van der Waals surface area contributed by atoms with E-state index in [0.717, 1.165) is 6.20 Å². The van der Waals surface area contributed by atoms with Crippen LogP contribution >= 0.6 is 15.9 Å². The number of hydrogen-bond acceptors (Lipinski definition) is 3. The number of rotatable bonds is 2. The lowest BCUT2D eigenvalue weighted by Gasteiger charge is -2.13. The van der Waals surface area contributed by atoms with E-state index in [1.165, 1.54) is 6.92 Å². The molecule has 16 heavy (non-hydrogen) atoms. The number of halogens is 4. The molecule has 0 aliphatic heterocycles. The number of aryl methyl sites for hydroxylation is 1. The zero-order valence-corrected chi connectivity index (χ0v) is 9.39. The number of aromatic carboxylic acids is 1. The standard InChI is InChI=1S/C8H5BrF3NO3/c1-3-2-13-6(9)5(4(3)7(14)15)16-8(10,11)12/h2H,1H3,(H,14,15). The van der Waals surface area contributed by atoms with Gasteiger partial charge in [0, 0.05) is 6.20 Å². The molecule has 1 rings (SSSR count). The molecule has 0 radical (unpaired) electrons. The van der Waals surface area contributed by atoms with Crippen molar-refractivity contribution in [2.45, 2.75) is 13.3 Å². The van der Waals surface area contributed by atoms with Gasteiger partial charge in [-0.15, -0.1) is 13.2 Å². The molecular formula is C8H5BrF3NO3. The van der Waals surface area contributed by atoms with E-state index in [4.69, 9.17) is 5.11 Å². The first-order chi connectivity index (χ1) is 7.22. The Morgan fingerprint density at radius 2 is 2.12 bits per heavy atom. The fraction of sp³-hybridized carbons (Fsp3) is 0.250. The molecule has 0 atom stereocenters. The van der Waals surface area contributed by atoms with E-state index in [1.54, 1.807) is 0 Å². The van der Waals surface area contributed by atoms with E-state index in [2.05, 4.69) is 25.7 Å². The van der Waals surface area contributed by atoms with Crippen LogP contribution in [0.2, 0.25) is 0 Å². The number of pyridine rings is 1. The van der Waals surface area contributed by atoms with Gasteiger partial charge in [-0.05, 0) is 28.4 Å². The number of carbonyl (C=O) groups is 1. The second kappa shape index (κ2) is 4.28. The predicted molar refractivity (Wildman–Crippen MR) is 50.3 cm³/mol. The van der Waals surface area contributed by atoms with Crippen LogP contribution in [-0.4, -0.2) is 22.4 Å². The minimum Gasteiger partial charge on any atom is -0.478 e. The number of aromatic nitrogens is 1. The van der Waals surface area contributed by atoms with Gasteiger partial charge in [-0.1, -0.05) is 0 Å². The average Bonchev–Trinajstić information content (AvgIpc) is 2.08. The fourth-order valence-corrected chi connectivity index (χ4v) is 1.42. The molecule has 0 bridgehead atoms. The monoisotopic (exact) mass is 299 g/mol. The van der Waals surface area contributed by atoms with E-state index in [-0.39, 0.29) is 10.2 Å². The Hall–Kier alpha value is -1.31. The lowest BCUT2D eigenvalue weighted by atomic mass is 10.1. The summed E-state index contributed by atoms with van der Waals surface area (Å²) in [6, 6.07) is 0. The number of ether oxygens (including phenoxy) is 1. The number of carboxylic acid groups (broad SMARTS) is 1. The molecule has 0 saturated carbocycles. The summed E-state index contributed by atoms with van der Waals surface area (Å²) in [6.07, 6.45) is -3.83. The summed E-state index contributed by atoms with van der Waals surface area (Å²) in [5, 5.41) is 8.77. The van der Waals surface area contributed by atoms with Crippen molar-refractivity contribution in [3.8, 4) is 5.75 Å².